The van der Waals surface area contributed by atoms with E-state index >= 15 is 0 Å². The van der Waals surface area contributed by atoms with Crippen LogP contribution in [0.2, 0.25) is 0 Å². The van der Waals surface area contributed by atoms with Gasteiger partial charge in [0.05, 0.1) is 18.0 Å². The first-order valence-electron chi connectivity index (χ1n) is 4.52. The van der Waals surface area contributed by atoms with Crippen LogP contribution >= 0.6 is 0 Å². The number of rotatable bonds is 3. The van der Waals surface area contributed by atoms with Crippen molar-refractivity contribution in [3.05, 3.63) is 11.9 Å². The van der Waals surface area contributed by atoms with E-state index in [4.69, 9.17) is 0 Å². The second kappa shape index (κ2) is 3.43. The third kappa shape index (κ3) is 1.87. The number of nitrogens with one attached hydrogen (secondary N) is 1. The van der Waals surface area contributed by atoms with Crippen LogP contribution in [0.5, 0.6) is 0 Å². The van der Waals surface area contributed by atoms with Gasteiger partial charge >= 0.3 is 0 Å². The Morgan fingerprint density at radius 3 is 3.00 bits per heavy atom. The highest BCUT2D eigenvalue weighted by Gasteiger charge is 2.27. The Morgan fingerprint density at radius 1 is 1.69 bits per heavy atom. The number of hydrogen-bond donors (Lipinski definition) is 2. The van der Waals surface area contributed by atoms with E-state index in [2.05, 4.69) is 15.5 Å². The molecule has 72 valence electrons. The molecule has 1 heterocycles. The van der Waals surface area contributed by atoms with Crippen LogP contribution in [0.25, 0.3) is 0 Å². The molecule has 0 aromatic carbocycles. The van der Waals surface area contributed by atoms with Gasteiger partial charge in [-0.15, -0.1) is 0 Å². The van der Waals surface area contributed by atoms with Gasteiger partial charge in [-0.25, -0.2) is 0 Å². The number of aryl methyl sites for hydroxylation is 1. The molecule has 2 atom stereocenters. The summed E-state index contributed by atoms with van der Waals surface area (Å²) in [6.07, 6.45) is 3.54. The summed E-state index contributed by atoms with van der Waals surface area (Å²) in [7, 11) is 1.79. The van der Waals surface area contributed by atoms with Crippen molar-refractivity contribution in [3.63, 3.8) is 0 Å². The minimum absolute atomic E-state index is 0.170. The lowest BCUT2D eigenvalue weighted by atomic mass is 9.89. The van der Waals surface area contributed by atoms with E-state index in [1.54, 1.807) is 13.2 Å². The van der Waals surface area contributed by atoms with E-state index in [0.29, 0.717) is 6.54 Å². The fourth-order valence-electron chi connectivity index (χ4n) is 1.42. The van der Waals surface area contributed by atoms with Gasteiger partial charge in [0.1, 0.15) is 0 Å². The van der Waals surface area contributed by atoms with Crippen LogP contribution in [-0.4, -0.2) is 32.2 Å². The largest absolute Gasteiger partial charge is 0.392 e. The monoisotopic (exact) mass is 182 g/mol. The van der Waals surface area contributed by atoms with Crippen molar-refractivity contribution < 1.29 is 5.11 Å². The zero-order chi connectivity index (χ0) is 9.26. The molecular weight excluding hydrogens is 168 g/mol. The minimum atomic E-state index is -0.170. The first-order chi connectivity index (χ1) is 6.25. The smallest absolute Gasteiger partial charge is 0.0964 e. The maximum Gasteiger partial charge on any atom is 0.0964 e. The first-order valence-corrected chi connectivity index (χ1v) is 4.52. The Labute approximate surface area is 76.8 Å². The number of nitrogens with zero attached hydrogens (tertiary/aromatic N) is 3. The van der Waals surface area contributed by atoms with Gasteiger partial charge in [0.15, 0.2) is 0 Å². The van der Waals surface area contributed by atoms with Crippen molar-refractivity contribution in [1.82, 2.24) is 20.3 Å². The van der Waals surface area contributed by atoms with Crippen LogP contribution in [-0.2, 0) is 13.6 Å². The van der Waals surface area contributed by atoms with E-state index in [1.165, 1.54) is 4.80 Å². The molecule has 1 aliphatic carbocycles. The zero-order valence-corrected chi connectivity index (χ0v) is 7.64. The lowest BCUT2D eigenvalue weighted by Gasteiger charge is -2.32. The number of hydrogen-bond acceptors (Lipinski definition) is 4. The SMILES string of the molecule is Cn1ncc(CN[C@@H]2CC[C@H]2O)n1. The molecule has 1 fully saturated rings. The maximum atomic E-state index is 9.29. The van der Waals surface area contributed by atoms with Gasteiger partial charge in [0.25, 0.3) is 0 Å². The van der Waals surface area contributed by atoms with E-state index in [0.717, 1.165) is 18.5 Å². The molecule has 0 bridgehead atoms. The summed E-state index contributed by atoms with van der Waals surface area (Å²) >= 11 is 0. The molecule has 0 spiro atoms. The summed E-state index contributed by atoms with van der Waals surface area (Å²) in [4.78, 5) is 1.54. The summed E-state index contributed by atoms with van der Waals surface area (Å²) in [5, 5.41) is 20.6. The van der Waals surface area contributed by atoms with Gasteiger partial charge < -0.3 is 10.4 Å². The summed E-state index contributed by atoms with van der Waals surface area (Å²) < 4.78 is 0. The molecule has 5 nitrogen and oxygen atoms in total. The zero-order valence-electron chi connectivity index (χ0n) is 7.64. The predicted molar refractivity (Wildman–Crippen MR) is 46.9 cm³/mol. The second-order valence-electron chi connectivity index (χ2n) is 3.46. The first kappa shape index (κ1) is 8.65. The summed E-state index contributed by atoms with van der Waals surface area (Å²) in [6.45, 7) is 0.690. The normalized spacial score (nSPS) is 27.2. The van der Waals surface area contributed by atoms with Crippen LogP contribution in [0.1, 0.15) is 18.5 Å². The molecule has 5 heteroatoms. The Morgan fingerprint density at radius 2 is 2.54 bits per heavy atom. The average molecular weight is 182 g/mol. The average Bonchev–Trinajstić information content (AvgIpc) is 2.49. The van der Waals surface area contributed by atoms with Gasteiger partial charge in [0.2, 0.25) is 0 Å². The number of aliphatic hydroxyl groups excluding tert-OH is 1. The molecule has 13 heavy (non-hydrogen) atoms. The summed E-state index contributed by atoms with van der Waals surface area (Å²) in [6, 6.07) is 0.252. The van der Waals surface area contributed by atoms with Crippen LogP contribution in [0, 0.1) is 0 Å². The molecule has 0 aliphatic heterocycles. The van der Waals surface area contributed by atoms with Gasteiger partial charge in [-0.05, 0) is 12.8 Å². The highest BCUT2D eigenvalue weighted by atomic mass is 16.3. The van der Waals surface area contributed by atoms with Crippen molar-refractivity contribution in [2.24, 2.45) is 7.05 Å². The van der Waals surface area contributed by atoms with Crippen molar-refractivity contribution in [2.45, 2.75) is 31.5 Å². The molecule has 1 aliphatic rings. The molecule has 0 unspecified atom stereocenters. The van der Waals surface area contributed by atoms with E-state index in [1.807, 2.05) is 0 Å². The molecule has 1 aromatic heterocycles. The van der Waals surface area contributed by atoms with Gasteiger partial charge in [-0.1, -0.05) is 0 Å². The minimum Gasteiger partial charge on any atom is -0.392 e. The van der Waals surface area contributed by atoms with E-state index < -0.39 is 0 Å². The maximum absolute atomic E-state index is 9.29. The lowest BCUT2D eigenvalue weighted by molar-refractivity contribution is 0.0491. The van der Waals surface area contributed by atoms with Crippen LogP contribution in [0.15, 0.2) is 6.20 Å². The van der Waals surface area contributed by atoms with E-state index in [-0.39, 0.29) is 12.1 Å². The number of aliphatic hydroxyl groups is 1. The van der Waals surface area contributed by atoms with Crippen molar-refractivity contribution in [2.75, 3.05) is 0 Å². The topological polar surface area (TPSA) is 63.0 Å². The lowest BCUT2D eigenvalue weighted by Crippen LogP contribution is -2.47. The standard InChI is InChI=1S/C8H14N4O/c1-12-10-5-6(11-12)4-9-7-2-3-8(7)13/h5,7-9,13H,2-4H2,1H3/t7-,8-/m1/s1. The Bertz CT molecular complexity index is 285. The molecule has 2 rings (SSSR count). The van der Waals surface area contributed by atoms with Gasteiger partial charge in [-0.2, -0.15) is 15.0 Å². The molecule has 1 aromatic rings. The van der Waals surface area contributed by atoms with Crippen molar-refractivity contribution in [1.29, 1.82) is 0 Å². The molecule has 2 N–H and O–H groups in total. The van der Waals surface area contributed by atoms with Crippen LogP contribution in [0.4, 0.5) is 0 Å². The van der Waals surface area contributed by atoms with Gasteiger partial charge in [-0.3, -0.25) is 0 Å². The second-order valence-corrected chi connectivity index (χ2v) is 3.46. The number of aromatic nitrogens is 3. The Kier molecular flexibility index (Phi) is 2.28. The van der Waals surface area contributed by atoms with E-state index in [9.17, 15) is 5.11 Å². The molecule has 0 amide bonds. The van der Waals surface area contributed by atoms with Crippen molar-refractivity contribution in [3.8, 4) is 0 Å². The highest BCUT2D eigenvalue weighted by Crippen LogP contribution is 2.19. The molecule has 0 radical (unpaired) electrons. The summed E-state index contributed by atoms with van der Waals surface area (Å²) in [5.41, 5.74) is 0.918. The fraction of sp³-hybridized carbons (Fsp3) is 0.750. The Hall–Kier alpha value is -0.940. The molecule has 0 saturated heterocycles. The quantitative estimate of drug-likeness (QED) is 0.657. The fourth-order valence-corrected chi connectivity index (χ4v) is 1.42. The van der Waals surface area contributed by atoms with Gasteiger partial charge in [0, 0.05) is 19.6 Å². The third-order valence-corrected chi connectivity index (χ3v) is 2.43. The third-order valence-electron chi connectivity index (χ3n) is 2.43. The molecule has 1 saturated carbocycles. The predicted octanol–water partition coefficient (Wildman–Crippen LogP) is -0.572. The highest BCUT2D eigenvalue weighted by molar-refractivity contribution is 4.94. The summed E-state index contributed by atoms with van der Waals surface area (Å²) in [5.74, 6) is 0. The van der Waals surface area contributed by atoms with Crippen molar-refractivity contribution >= 4 is 0 Å². The van der Waals surface area contributed by atoms with Crippen LogP contribution in [0.3, 0.4) is 0 Å². The van der Waals surface area contributed by atoms with Crippen LogP contribution < -0.4 is 5.32 Å². The molecular formula is C8H14N4O. The Balaban J connectivity index is 1.79.